The van der Waals surface area contributed by atoms with Crippen LogP contribution in [0.5, 0.6) is 0 Å². The monoisotopic (exact) mass is 266 g/mol. The second-order valence-electron chi connectivity index (χ2n) is 2.73. The molecule has 2 aromatic rings. The molecule has 70 valence electrons. The fourth-order valence-corrected chi connectivity index (χ4v) is 1.97. The molecular weight excluding hydrogens is 255 g/mol. The summed E-state index contributed by atoms with van der Waals surface area (Å²) in [5.74, 6) is 0. The van der Waals surface area contributed by atoms with Gasteiger partial charge in [0.1, 0.15) is 0 Å². The van der Waals surface area contributed by atoms with Crippen LogP contribution >= 0.6 is 11.8 Å². The third kappa shape index (κ3) is 3.22. The number of hydrogen-bond acceptors (Lipinski definition) is 1. The molecule has 0 aliphatic carbocycles. The van der Waals surface area contributed by atoms with Crippen molar-refractivity contribution in [1.29, 1.82) is 0 Å². The van der Waals surface area contributed by atoms with Crippen LogP contribution in [0.2, 0.25) is 0 Å². The fraction of sp³-hybridized carbons (Fsp3) is 0. The van der Waals surface area contributed by atoms with Gasteiger partial charge < -0.3 is 0 Å². The molecule has 0 saturated carbocycles. The van der Waals surface area contributed by atoms with Crippen molar-refractivity contribution >= 4 is 28.8 Å². The van der Waals surface area contributed by atoms with E-state index in [1.54, 1.807) is 11.8 Å². The van der Waals surface area contributed by atoms with Crippen molar-refractivity contribution in [3.63, 3.8) is 0 Å². The van der Waals surface area contributed by atoms with Gasteiger partial charge in [0, 0.05) is 26.9 Å². The van der Waals surface area contributed by atoms with E-state index in [9.17, 15) is 0 Å². The molecule has 0 nitrogen and oxygen atoms in total. The molecule has 0 spiro atoms. The van der Waals surface area contributed by atoms with E-state index in [1.807, 2.05) is 12.1 Å². The average molecular weight is 265 g/mol. The van der Waals surface area contributed by atoms with E-state index in [2.05, 4.69) is 48.5 Å². The molecule has 2 rings (SSSR count). The molecule has 0 heterocycles. The molecule has 0 aliphatic heterocycles. The Bertz CT molecular complexity index is 321. The Morgan fingerprint density at radius 1 is 0.571 bits per heavy atom. The molecule has 2 aromatic carbocycles. The molecular formula is C12H10SSe. The van der Waals surface area contributed by atoms with Crippen LogP contribution in [0.4, 0.5) is 0 Å². The SMILES string of the molecule is [Se].c1ccc(Sc2ccccc2)cc1. The Morgan fingerprint density at radius 2 is 0.929 bits per heavy atom. The van der Waals surface area contributed by atoms with E-state index in [1.165, 1.54) is 9.79 Å². The molecule has 0 fully saturated rings. The summed E-state index contributed by atoms with van der Waals surface area (Å²) in [5.41, 5.74) is 0. The first-order valence-electron chi connectivity index (χ1n) is 4.23. The molecule has 0 aromatic heterocycles. The van der Waals surface area contributed by atoms with Crippen molar-refractivity contribution in [2.45, 2.75) is 9.79 Å². The van der Waals surface area contributed by atoms with Crippen molar-refractivity contribution in [2.75, 3.05) is 0 Å². The minimum atomic E-state index is 0. The zero-order chi connectivity index (χ0) is 8.93. The summed E-state index contributed by atoms with van der Waals surface area (Å²) < 4.78 is 0. The average Bonchev–Trinajstić information content (AvgIpc) is 2.21. The predicted molar refractivity (Wildman–Crippen MR) is 62.8 cm³/mol. The molecule has 0 atom stereocenters. The molecule has 0 bridgehead atoms. The zero-order valence-electron chi connectivity index (χ0n) is 7.59. The minimum Gasteiger partial charge on any atom is -0.0901 e. The van der Waals surface area contributed by atoms with Gasteiger partial charge in [-0.15, -0.1) is 0 Å². The summed E-state index contributed by atoms with van der Waals surface area (Å²) in [6.45, 7) is 0. The third-order valence-corrected chi connectivity index (χ3v) is 2.74. The Kier molecular flexibility index (Phi) is 4.81. The van der Waals surface area contributed by atoms with Gasteiger partial charge >= 0.3 is 0 Å². The van der Waals surface area contributed by atoms with Crippen molar-refractivity contribution in [3.05, 3.63) is 60.7 Å². The van der Waals surface area contributed by atoms with E-state index in [0.717, 1.165) is 0 Å². The molecule has 0 N–H and O–H groups in total. The Labute approximate surface area is 99.2 Å². The Morgan fingerprint density at radius 3 is 1.29 bits per heavy atom. The van der Waals surface area contributed by atoms with Crippen molar-refractivity contribution in [1.82, 2.24) is 0 Å². The molecule has 14 heavy (non-hydrogen) atoms. The van der Waals surface area contributed by atoms with Crippen LogP contribution in [0.3, 0.4) is 0 Å². The topological polar surface area (TPSA) is 0 Å². The van der Waals surface area contributed by atoms with Crippen molar-refractivity contribution < 1.29 is 0 Å². The summed E-state index contributed by atoms with van der Waals surface area (Å²) in [4.78, 5) is 2.57. The summed E-state index contributed by atoms with van der Waals surface area (Å²) >= 11 is 1.79. The maximum Gasteiger partial charge on any atom is 0.0122 e. The minimum absolute atomic E-state index is 0. The van der Waals surface area contributed by atoms with Gasteiger partial charge in [0.05, 0.1) is 0 Å². The Hall–Kier alpha value is -0.691. The van der Waals surface area contributed by atoms with Gasteiger partial charge in [-0.3, -0.25) is 0 Å². The maximum atomic E-state index is 2.12. The third-order valence-electron chi connectivity index (χ3n) is 1.72. The van der Waals surface area contributed by atoms with E-state index in [-0.39, 0.29) is 17.1 Å². The second kappa shape index (κ2) is 5.92. The van der Waals surface area contributed by atoms with Crippen molar-refractivity contribution in [2.24, 2.45) is 0 Å². The summed E-state index contributed by atoms with van der Waals surface area (Å²) in [5, 5.41) is 0. The molecule has 2 radical (unpaired) electrons. The van der Waals surface area contributed by atoms with Crippen LogP contribution < -0.4 is 0 Å². The second-order valence-corrected chi connectivity index (χ2v) is 3.88. The van der Waals surface area contributed by atoms with Gasteiger partial charge in [0.15, 0.2) is 0 Å². The standard InChI is InChI=1S/C12H10S.Se/c1-3-7-11(8-4-1)13-12-9-5-2-6-10-12;/h1-10H;. The Balaban J connectivity index is 0.000000980. The van der Waals surface area contributed by atoms with Crippen LogP contribution in [0.1, 0.15) is 0 Å². The maximum absolute atomic E-state index is 2.12. The fourth-order valence-electron chi connectivity index (χ4n) is 1.11. The molecule has 0 saturated heterocycles. The van der Waals surface area contributed by atoms with Gasteiger partial charge in [0.2, 0.25) is 0 Å². The first-order valence-corrected chi connectivity index (χ1v) is 5.05. The summed E-state index contributed by atoms with van der Waals surface area (Å²) in [6.07, 6.45) is 0. The first-order chi connectivity index (χ1) is 6.45. The van der Waals surface area contributed by atoms with Crippen molar-refractivity contribution in [3.8, 4) is 0 Å². The molecule has 0 unspecified atom stereocenters. The van der Waals surface area contributed by atoms with Gasteiger partial charge in [0.25, 0.3) is 0 Å². The van der Waals surface area contributed by atoms with Gasteiger partial charge in [-0.1, -0.05) is 48.2 Å². The van der Waals surface area contributed by atoms with E-state index >= 15 is 0 Å². The van der Waals surface area contributed by atoms with E-state index in [4.69, 9.17) is 0 Å². The van der Waals surface area contributed by atoms with Crippen LogP contribution in [0, 0.1) is 0 Å². The van der Waals surface area contributed by atoms with Gasteiger partial charge in [-0.05, 0) is 24.3 Å². The van der Waals surface area contributed by atoms with Gasteiger partial charge in [-0.25, -0.2) is 0 Å². The number of hydrogen-bond donors (Lipinski definition) is 0. The quantitative estimate of drug-likeness (QED) is 0.749. The first kappa shape index (κ1) is 11.4. The molecule has 0 amide bonds. The number of benzene rings is 2. The smallest absolute Gasteiger partial charge is 0.0122 e. The van der Waals surface area contributed by atoms with E-state index in [0.29, 0.717) is 0 Å². The number of rotatable bonds is 2. The van der Waals surface area contributed by atoms with Crippen LogP contribution in [0.25, 0.3) is 0 Å². The van der Waals surface area contributed by atoms with E-state index < -0.39 is 0 Å². The van der Waals surface area contributed by atoms with Crippen LogP contribution in [-0.2, 0) is 0 Å². The summed E-state index contributed by atoms with van der Waals surface area (Å²) in [6, 6.07) is 20.8. The zero-order valence-corrected chi connectivity index (χ0v) is 10.1. The normalized spacial score (nSPS) is 9.14. The predicted octanol–water partition coefficient (Wildman–Crippen LogP) is 3.46. The largest absolute Gasteiger partial charge is 0.0901 e. The molecule has 2 heteroatoms. The van der Waals surface area contributed by atoms with Gasteiger partial charge in [-0.2, -0.15) is 0 Å². The van der Waals surface area contributed by atoms with Crippen LogP contribution in [0.15, 0.2) is 70.5 Å². The van der Waals surface area contributed by atoms with Crippen LogP contribution in [-0.4, -0.2) is 17.1 Å². The molecule has 0 aliphatic rings. The summed E-state index contributed by atoms with van der Waals surface area (Å²) in [7, 11) is 0.